The summed E-state index contributed by atoms with van der Waals surface area (Å²) in [6.45, 7) is 4.50. The second-order valence-electron chi connectivity index (χ2n) is 8.94. The van der Waals surface area contributed by atoms with E-state index in [4.69, 9.17) is 4.74 Å². The number of hydrogen-bond acceptors (Lipinski definition) is 6. The van der Waals surface area contributed by atoms with Crippen LogP contribution in [0, 0.1) is 0 Å². The van der Waals surface area contributed by atoms with Gasteiger partial charge in [0.25, 0.3) is 5.91 Å². The minimum absolute atomic E-state index is 0.153. The van der Waals surface area contributed by atoms with E-state index in [-0.39, 0.29) is 23.9 Å². The molecular formula is C28H23N5O4S. The highest BCUT2D eigenvalue weighted by Crippen LogP contribution is 2.45. The van der Waals surface area contributed by atoms with Gasteiger partial charge in [0.2, 0.25) is 5.91 Å². The maximum atomic E-state index is 13.3. The van der Waals surface area contributed by atoms with E-state index in [9.17, 15) is 14.4 Å². The molecule has 2 N–H and O–H groups in total. The van der Waals surface area contributed by atoms with Crippen molar-refractivity contribution in [1.29, 1.82) is 0 Å². The van der Waals surface area contributed by atoms with E-state index in [1.54, 1.807) is 34.2 Å². The van der Waals surface area contributed by atoms with Gasteiger partial charge in [0.1, 0.15) is 21.2 Å². The lowest BCUT2D eigenvalue weighted by Crippen LogP contribution is -2.39. The van der Waals surface area contributed by atoms with Gasteiger partial charge < -0.3 is 20.3 Å². The zero-order valence-electron chi connectivity index (χ0n) is 20.2. The molecule has 6 rings (SSSR count). The molecule has 0 bridgehead atoms. The summed E-state index contributed by atoms with van der Waals surface area (Å²) in [6, 6.07) is 17.9. The number of nitrogens with zero attached hydrogens (tertiary/aromatic N) is 3. The number of nitrogens with one attached hydrogen (secondary N) is 2. The summed E-state index contributed by atoms with van der Waals surface area (Å²) in [7, 11) is 0. The third-order valence-corrected chi connectivity index (χ3v) is 7.63. The van der Waals surface area contributed by atoms with E-state index in [0.29, 0.717) is 57.4 Å². The molecule has 2 aromatic heterocycles. The number of carbonyl (C=O) groups excluding carboxylic acids is 3. The van der Waals surface area contributed by atoms with Crippen LogP contribution >= 0.6 is 11.3 Å². The lowest BCUT2D eigenvalue weighted by Gasteiger charge is -2.28. The molecule has 4 heterocycles. The van der Waals surface area contributed by atoms with Gasteiger partial charge >= 0.3 is 6.03 Å². The summed E-state index contributed by atoms with van der Waals surface area (Å²) in [5.41, 5.74) is 1.74. The van der Waals surface area contributed by atoms with Crippen LogP contribution in [0.2, 0.25) is 0 Å². The number of thiophene rings is 1. The van der Waals surface area contributed by atoms with Gasteiger partial charge in [-0.2, -0.15) is 0 Å². The molecule has 2 aliphatic rings. The third kappa shape index (κ3) is 4.24. The van der Waals surface area contributed by atoms with Crippen molar-refractivity contribution in [3.05, 3.63) is 84.4 Å². The van der Waals surface area contributed by atoms with Crippen LogP contribution in [0.25, 0.3) is 10.2 Å². The molecule has 1 atom stereocenters. The largest absolute Gasteiger partial charge is 0.457 e. The van der Waals surface area contributed by atoms with Crippen molar-refractivity contribution in [2.75, 3.05) is 23.3 Å². The molecule has 4 amide bonds. The van der Waals surface area contributed by atoms with Crippen LogP contribution in [0.4, 0.5) is 21.9 Å². The number of benzene rings is 2. The molecule has 2 aliphatic heterocycles. The summed E-state index contributed by atoms with van der Waals surface area (Å²) < 4.78 is 5.87. The minimum Gasteiger partial charge on any atom is -0.457 e. The Morgan fingerprint density at radius 2 is 1.87 bits per heavy atom. The quantitative estimate of drug-likeness (QED) is 0.333. The molecular weight excluding hydrogens is 502 g/mol. The van der Waals surface area contributed by atoms with Crippen LogP contribution in [-0.4, -0.2) is 46.9 Å². The Morgan fingerprint density at radius 1 is 1.11 bits per heavy atom. The number of likely N-dealkylation sites (tertiary alicyclic amines) is 1. The van der Waals surface area contributed by atoms with Crippen molar-refractivity contribution in [2.24, 2.45) is 0 Å². The smallest absolute Gasteiger partial charge is 0.331 e. The van der Waals surface area contributed by atoms with Crippen LogP contribution in [0.5, 0.6) is 11.5 Å². The molecule has 190 valence electrons. The first kappa shape index (κ1) is 23.7. The topological polar surface area (TPSA) is 104 Å². The lowest BCUT2D eigenvalue weighted by atomic mass is 10.1. The average Bonchev–Trinajstić information content (AvgIpc) is 3.55. The summed E-state index contributed by atoms with van der Waals surface area (Å²) in [5.74, 6) is 0.911. The minimum atomic E-state index is -0.377. The van der Waals surface area contributed by atoms with Crippen molar-refractivity contribution in [3.8, 4) is 11.5 Å². The Bertz CT molecular complexity index is 1570. The molecule has 0 saturated carbocycles. The normalized spacial score (nSPS) is 16.3. The number of urea groups is 1. The first-order valence-electron chi connectivity index (χ1n) is 12.1. The molecule has 0 aliphatic carbocycles. The molecule has 4 aromatic rings. The zero-order chi connectivity index (χ0) is 26.2. The molecule has 1 saturated heterocycles. The number of para-hydroxylation sites is 1. The highest BCUT2D eigenvalue weighted by molar-refractivity contribution is 7.21. The second-order valence-corrected chi connectivity index (χ2v) is 9.94. The van der Waals surface area contributed by atoms with Gasteiger partial charge in [-0.3, -0.25) is 14.5 Å². The zero-order valence-corrected chi connectivity index (χ0v) is 21.0. The maximum Gasteiger partial charge on any atom is 0.331 e. The first-order valence-corrected chi connectivity index (χ1v) is 12.9. The van der Waals surface area contributed by atoms with E-state index < -0.39 is 0 Å². The van der Waals surface area contributed by atoms with E-state index in [2.05, 4.69) is 22.2 Å². The Hall–Kier alpha value is -4.70. The number of amides is 4. The average molecular weight is 526 g/mol. The number of hydrogen-bond donors (Lipinski definition) is 2. The molecule has 0 radical (unpaired) electrons. The van der Waals surface area contributed by atoms with Gasteiger partial charge in [0.15, 0.2) is 0 Å². The molecule has 0 spiro atoms. The summed E-state index contributed by atoms with van der Waals surface area (Å²) in [4.78, 5) is 47.2. The van der Waals surface area contributed by atoms with Crippen LogP contribution < -0.4 is 20.3 Å². The number of pyridine rings is 1. The predicted molar refractivity (Wildman–Crippen MR) is 146 cm³/mol. The van der Waals surface area contributed by atoms with Crippen molar-refractivity contribution in [3.63, 3.8) is 0 Å². The predicted octanol–water partition coefficient (Wildman–Crippen LogP) is 5.29. The number of ether oxygens (including phenoxy) is 1. The standard InChI is InChI=1S/C28H23N5O4S/c1-2-22(34)32-15-13-17(16-32)30-26(35)25-24-23-21(12-14-29-27(23)38-25)33(28(36)31-24)18-8-10-20(11-9-18)37-19-6-4-3-5-7-19/h2-12,14,17H,1,13,15-16H2,(H,30,35)(H,31,36)/t17-/m1/s1. The van der Waals surface area contributed by atoms with Gasteiger partial charge in [-0.1, -0.05) is 24.8 Å². The Balaban J connectivity index is 1.27. The van der Waals surface area contributed by atoms with Gasteiger partial charge in [0, 0.05) is 25.3 Å². The Kier molecular flexibility index (Phi) is 6.01. The van der Waals surface area contributed by atoms with E-state index in [1.165, 1.54) is 17.4 Å². The number of rotatable bonds is 6. The summed E-state index contributed by atoms with van der Waals surface area (Å²) in [6.07, 6.45) is 3.56. The molecule has 1 fully saturated rings. The molecule has 2 aromatic carbocycles. The van der Waals surface area contributed by atoms with Crippen molar-refractivity contribution < 1.29 is 19.1 Å². The fourth-order valence-corrected chi connectivity index (χ4v) is 5.77. The third-order valence-electron chi connectivity index (χ3n) is 6.54. The number of aromatic nitrogens is 1. The van der Waals surface area contributed by atoms with E-state index in [1.807, 2.05) is 42.5 Å². The van der Waals surface area contributed by atoms with Gasteiger partial charge in [-0.15, -0.1) is 11.3 Å². The first-order chi connectivity index (χ1) is 18.5. The molecule has 10 heteroatoms. The fourth-order valence-electron chi connectivity index (χ4n) is 4.75. The lowest BCUT2D eigenvalue weighted by molar-refractivity contribution is -0.125. The van der Waals surface area contributed by atoms with Crippen LogP contribution in [0.3, 0.4) is 0 Å². The highest BCUT2D eigenvalue weighted by atomic mass is 32.1. The van der Waals surface area contributed by atoms with Crippen LogP contribution in [0.15, 0.2) is 79.5 Å². The number of anilines is 3. The Morgan fingerprint density at radius 3 is 2.63 bits per heavy atom. The van der Waals surface area contributed by atoms with Gasteiger partial charge in [-0.05, 0) is 55.0 Å². The highest BCUT2D eigenvalue weighted by Gasteiger charge is 2.34. The van der Waals surface area contributed by atoms with Gasteiger partial charge in [0.05, 0.1) is 22.4 Å². The van der Waals surface area contributed by atoms with Crippen LogP contribution in [-0.2, 0) is 4.79 Å². The Labute approximate surface area is 222 Å². The second kappa shape index (κ2) is 9.64. The van der Waals surface area contributed by atoms with E-state index in [0.717, 1.165) is 5.75 Å². The SMILES string of the molecule is C=CC(=O)N1CC[C@@H](NC(=O)c2sc3nccc4c3c2NC(=O)N4c2ccc(Oc3ccccc3)cc2)C1. The summed E-state index contributed by atoms with van der Waals surface area (Å²) in [5, 5.41) is 6.62. The fraction of sp³-hybridized carbons (Fsp3) is 0.143. The number of carbonyl (C=O) groups is 3. The molecule has 9 nitrogen and oxygen atoms in total. The van der Waals surface area contributed by atoms with Crippen molar-refractivity contribution in [2.45, 2.75) is 12.5 Å². The molecule has 0 unspecified atom stereocenters. The van der Waals surface area contributed by atoms with E-state index >= 15 is 0 Å². The summed E-state index contributed by atoms with van der Waals surface area (Å²) >= 11 is 1.23. The molecule has 38 heavy (non-hydrogen) atoms. The van der Waals surface area contributed by atoms with Crippen molar-refractivity contribution >= 4 is 56.5 Å². The van der Waals surface area contributed by atoms with Crippen molar-refractivity contribution in [1.82, 2.24) is 15.2 Å². The maximum absolute atomic E-state index is 13.3. The van der Waals surface area contributed by atoms with Crippen LogP contribution in [0.1, 0.15) is 16.1 Å². The van der Waals surface area contributed by atoms with Gasteiger partial charge in [-0.25, -0.2) is 9.78 Å². The monoisotopic (exact) mass is 525 g/mol.